The number of hydrogen-bond acceptors (Lipinski definition) is 6. The van der Waals surface area contributed by atoms with Gasteiger partial charge < -0.3 is 15.6 Å². The number of carbonyl (C=O) groups is 1. The van der Waals surface area contributed by atoms with E-state index in [9.17, 15) is 4.79 Å². The van der Waals surface area contributed by atoms with Gasteiger partial charge in [-0.1, -0.05) is 48.2 Å². The molecule has 0 saturated heterocycles. The van der Waals surface area contributed by atoms with Crippen LogP contribution in [0.15, 0.2) is 34.8 Å². The van der Waals surface area contributed by atoms with Crippen LogP contribution in [0.3, 0.4) is 0 Å². The van der Waals surface area contributed by atoms with Gasteiger partial charge in [-0.2, -0.15) is 0 Å². The van der Waals surface area contributed by atoms with Crippen molar-refractivity contribution in [3.63, 3.8) is 0 Å². The predicted molar refractivity (Wildman–Crippen MR) is 104 cm³/mol. The minimum atomic E-state index is 0.0168. The van der Waals surface area contributed by atoms with Crippen LogP contribution >= 0.6 is 23.1 Å². The second kappa shape index (κ2) is 8.87. The Labute approximate surface area is 154 Å². The zero-order chi connectivity index (χ0) is 17.5. The average Bonchev–Trinajstić information content (AvgIpc) is 3.25. The van der Waals surface area contributed by atoms with Gasteiger partial charge in [-0.3, -0.25) is 4.79 Å². The van der Waals surface area contributed by atoms with Crippen LogP contribution in [0, 0.1) is 0 Å². The molecule has 2 aromatic heterocycles. The van der Waals surface area contributed by atoms with Crippen LogP contribution in [0.1, 0.15) is 18.9 Å². The largest absolute Gasteiger partial charge is 0.361 e. The van der Waals surface area contributed by atoms with Crippen molar-refractivity contribution in [2.45, 2.75) is 24.1 Å². The third-order valence-corrected chi connectivity index (χ3v) is 5.67. The number of aromatic nitrogens is 3. The number of rotatable bonds is 9. The summed E-state index contributed by atoms with van der Waals surface area (Å²) in [5.74, 6) is 0.374. The molecule has 0 radical (unpaired) electrons. The van der Waals surface area contributed by atoms with Crippen LogP contribution in [-0.4, -0.2) is 39.9 Å². The molecule has 3 rings (SSSR count). The van der Waals surface area contributed by atoms with Gasteiger partial charge in [0.2, 0.25) is 11.0 Å². The maximum Gasteiger partial charge on any atom is 0.230 e. The molecule has 2 heterocycles. The molecule has 25 heavy (non-hydrogen) atoms. The van der Waals surface area contributed by atoms with E-state index in [4.69, 9.17) is 0 Å². The second-order valence-electron chi connectivity index (χ2n) is 5.55. The van der Waals surface area contributed by atoms with Gasteiger partial charge >= 0.3 is 0 Å². The van der Waals surface area contributed by atoms with Crippen LogP contribution in [0.5, 0.6) is 0 Å². The van der Waals surface area contributed by atoms with E-state index in [2.05, 4.69) is 44.9 Å². The standard InChI is InChI=1S/C17H21N5OS2/c1-2-8-19-16-21-22-17(25-16)24-11-15(23)18-9-7-12-10-20-14-6-4-3-5-13(12)14/h3-6,10,20H,2,7-9,11H2,1H3,(H,18,23)(H,19,21). The number of anilines is 1. The zero-order valence-electron chi connectivity index (χ0n) is 14.0. The van der Waals surface area contributed by atoms with Gasteiger partial charge in [0.15, 0.2) is 4.34 Å². The molecule has 8 heteroatoms. The highest BCUT2D eigenvalue weighted by Crippen LogP contribution is 2.25. The van der Waals surface area contributed by atoms with E-state index in [1.165, 1.54) is 34.0 Å². The topological polar surface area (TPSA) is 82.7 Å². The molecular weight excluding hydrogens is 354 g/mol. The number of fused-ring (bicyclic) bond motifs is 1. The number of nitrogens with zero attached hydrogens (tertiary/aromatic N) is 2. The quantitative estimate of drug-likeness (QED) is 0.500. The summed E-state index contributed by atoms with van der Waals surface area (Å²) < 4.78 is 0.811. The van der Waals surface area contributed by atoms with Gasteiger partial charge in [0.1, 0.15) is 0 Å². The smallest absolute Gasteiger partial charge is 0.230 e. The van der Waals surface area contributed by atoms with Gasteiger partial charge in [-0.05, 0) is 24.5 Å². The Balaban J connectivity index is 1.40. The maximum atomic E-state index is 12.0. The first-order valence-corrected chi connectivity index (χ1v) is 10.1. The Kier molecular flexibility index (Phi) is 6.30. The second-order valence-corrected chi connectivity index (χ2v) is 7.75. The van der Waals surface area contributed by atoms with E-state index in [0.717, 1.165) is 34.4 Å². The number of carbonyl (C=O) groups excluding carboxylic acids is 1. The maximum absolute atomic E-state index is 12.0. The molecule has 0 aliphatic rings. The van der Waals surface area contributed by atoms with Crippen molar-refractivity contribution in [2.75, 3.05) is 24.2 Å². The van der Waals surface area contributed by atoms with E-state index in [1.807, 2.05) is 18.3 Å². The highest BCUT2D eigenvalue weighted by Gasteiger charge is 2.08. The molecule has 132 valence electrons. The Morgan fingerprint density at radius 2 is 2.16 bits per heavy atom. The van der Waals surface area contributed by atoms with Gasteiger partial charge in [-0.15, -0.1) is 10.2 Å². The lowest BCUT2D eigenvalue weighted by molar-refractivity contribution is -0.118. The fraction of sp³-hybridized carbons (Fsp3) is 0.353. The summed E-state index contributed by atoms with van der Waals surface area (Å²) >= 11 is 2.90. The van der Waals surface area contributed by atoms with Crippen LogP contribution in [0.4, 0.5) is 5.13 Å². The molecular formula is C17H21N5OS2. The molecule has 0 atom stereocenters. The lowest BCUT2D eigenvalue weighted by Gasteiger charge is -2.03. The van der Waals surface area contributed by atoms with Crippen LogP contribution in [-0.2, 0) is 11.2 Å². The number of amides is 1. The van der Waals surface area contributed by atoms with Gasteiger partial charge in [0.05, 0.1) is 5.75 Å². The SMILES string of the molecule is CCCNc1nnc(SCC(=O)NCCc2c[nH]c3ccccc23)s1. The Hall–Kier alpha value is -2.06. The normalized spacial score (nSPS) is 10.9. The summed E-state index contributed by atoms with van der Waals surface area (Å²) in [6, 6.07) is 8.19. The number of nitrogens with one attached hydrogen (secondary N) is 3. The number of benzene rings is 1. The molecule has 0 saturated carbocycles. The molecule has 1 amide bonds. The van der Waals surface area contributed by atoms with Crippen molar-refractivity contribution in [2.24, 2.45) is 0 Å². The van der Waals surface area contributed by atoms with Gasteiger partial charge in [0.25, 0.3) is 0 Å². The lowest BCUT2D eigenvalue weighted by atomic mass is 10.1. The summed E-state index contributed by atoms with van der Waals surface area (Å²) in [6.45, 7) is 3.61. The summed E-state index contributed by atoms with van der Waals surface area (Å²) in [5, 5.41) is 16.3. The fourth-order valence-electron chi connectivity index (χ4n) is 2.42. The van der Waals surface area contributed by atoms with E-state index in [-0.39, 0.29) is 5.91 Å². The minimum Gasteiger partial charge on any atom is -0.361 e. The third-order valence-electron chi connectivity index (χ3n) is 3.65. The Bertz CT molecular complexity index is 829. The number of thioether (sulfide) groups is 1. The molecule has 6 nitrogen and oxygen atoms in total. The van der Waals surface area contributed by atoms with Gasteiger partial charge in [0, 0.05) is 30.2 Å². The first kappa shape index (κ1) is 17.8. The summed E-state index contributed by atoms with van der Waals surface area (Å²) in [6.07, 6.45) is 3.86. The molecule has 0 aliphatic heterocycles. The first-order chi connectivity index (χ1) is 12.3. The number of H-pyrrole nitrogens is 1. The Morgan fingerprint density at radius 3 is 3.04 bits per heavy atom. The van der Waals surface area contributed by atoms with E-state index in [0.29, 0.717) is 12.3 Å². The minimum absolute atomic E-state index is 0.0168. The third kappa shape index (κ3) is 4.96. The molecule has 3 N–H and O–H groups in total. The highest BCUT2D eigenvalue weighted by molar-refractivity contribution is 8.01. The predicted octanol–water partition coefficient (Wildman–Crippen LogP) is 3.29. The van der Waals surface area contributed by atoms with E-state index < -0.39 is 0 Å². The van der Waals surface area contributed by atoms with Crippen LogP contribution in [0.2, 0.25) is 0 Å². The van der Waals surface area contributed by atoms with Crippen molar-refractivity contribution >= 4 is 45.0 Å². The molecule has 0 unspecified atom stereocenters. The monoisotopic (exact) mass is 375 g/mol. The van der Waals surface area contributed by atoms with Crippen molar-refractivity contribution < 1.29 is 4.79 Å². The van der Waals surface area contributed by atoms with E-state index >= 15 is 0 Å². The van der Waals surface area contributed by atoms with Crippen molar-refractivity contribution in [1.29, 1.82) is 0 Å². The molecule has 0 spiro atoms. The Morgan fingerprint density at radius 1 is 1.28 bits per heavy atom. The molecule has 0 aliphatic carbocycles. The van der Waals surface area contributed by atoms with E-state index in [1.54, 1.807) is 0 Å². The van der Waals surface area contributed by atoms with Crippen LogP contribution in [0.25, 0.3) is 10.9 Å². The molecule has 0 bridgehead atoms. The molecule has 0 fully saturated rings. The zero-order valence-corrected chi connectivity index (χ0v) is 15.7. The molecule has 1 aromatic carbocycles. The van der Waals surface area contributed by atoms with Gasteiger partial charge in [-0.25, -0.2) is 0 Å². The van der Waals surface area contributed by atoms with Crippen molar-refractivity contribution in [3.05, 3.63) is 36.0 Å². The summed E-state index contributed by atoms with van der Waals surface area (Å²) in [7, 11) is 0. The van der Waals surface area contributed by atoms with Crippen LogP contribution < -0.4 is 10.6 Å². The number of para-hydroxylation sites is 1. The number of hydrogen-bond donors (Lipinski definition) is 3. The highest BCUT2D eigenvalue weighted by atomic mass is 32.2. The van der Waals surface area contributed by atoms with Crippen molar-refractivity contribution in [3.8, 4) is 0 Å². The van der Waals surface area contributed by atoms with Crippen molar-refractivity contribution in [1.82, 2.24) is 20.5 Å². The number of aromatic amines is 1. The fourth-order valence-corrected chi connectivity index (χ4v) is 4.03. The first-order valence-electron chi connectivity index (χ1n) is 8.28. The molecule has 3 aromatic rings. The average molecular weight is 376 g/mol. The lowest BCUT2D eigenvalue weighted by Crippen LogP contribution is -2.27. The summed E-state index contributed by atoms with van der Waals surface area (Å²) in [5.41, 5.74) is 2.35. The summed E-state index contributed by atoms with van der Waals surface area (Å²) in [4.78, 5) is 15.2.